The van der Waals surface area contributed by atoms with Gasteiger partial charge in [-0.2, -0.15) is 0 Å². The second-order valence-electron chi connectivity index (χ2n) is 9.57. The van der Waals surface area contributed by atoms with Crippen molar-refractivity contribution in [2.24, 2.45) is 0 Å². The molecule has 1 aliphatic heterocycles. The Morgan fingerprint density at radius 3 is 1.80 bits per heavy atom. The molecular weight excluding hydrogens is 448 g/mol. The molecule has 0 aromatic heterocycles. The minimum atomic E-state index is -0.600. The van der Waals surface area contributed by atoms with Gasteiger partial charge >= 0.3 is 18.0 Å². The van der Waals surface area contributed by atoms with Gasteiger partial charge in [-0.05, 0) is 38.3 Å². The Balaban J connectivity index is 1.60. The summed E-state index contributed by atoms with van der Waals surface area (Å²) in [5.41, 5.74) is 1.16. The molecule has 1 fully saturated rings. The zero-order valence-electron chi connectivity index (χ0n) is 20.6. The summed E-state index contributed by atoms with van der Waals surface area (Å²) in [6.07, 6.45) is 0.204. The van der Waals surface area contributed by atoms with Crippen LogP contribution in [0.25, 0.3) is 0 Å². The van der Waals surface area contributed by atoms with E-state index in [0.717, 1.165) is 11.1 Å². The van der Waals surface area contributed by atoms with E-state index in [1.165, 1.54) is 0 Å². The number of carbonyl (C=O) groups is 3. The van der Waals surface area contributed by atoms with Crippen molar-refractivity contribution >= 4 is 18.0 Å². The molecule has 2 aromatic rings. The third-order valence-corrected chi connectivity index (χ3v) is 5.48. The molecule has 35 heavy (non-hydrogen) atoms. The smallest absolute Gasteiger partial charge is 0.410 e. The third-order valence-electron chi connectivity index (χ3n) is 5.48. The first-order valence-electron chi connectivity index (χ1n) is 11.8. The molecule has 1 atom stereocenters. The van der Waals surface area contributed by atoms with Gasteiger partial charge in [0.05, 0.1) is 13.1 Å². The van der Waals surface area contributed by atoms with E-state index in [2.05, 4.69) is 0 Å². The molecule has 8 nitrogen and oxygen atoms in total. The Bertz CT molecular complexity index is 917. The highest BCUT2D eigenvalue weighted by atomic mass is 16.6. The first kappa shape index (κ1) is 26.2. The number of carbonyl (C=O) groups excluding carboxylic acids is 3. The molecule has 188 valence electrons. The fourth-order valence-corrected chi connectivity index (χ4v) is 3.75. The number of esters is 2. The van der Waals surface area contributed by atoms with Crippen LogP contribution in [0.1, 0.15) is 38.3 Å². The van der Waals surface area contributed by atoms with E-state index in [1.807, 2.05) is 81.4 Å². The minimum absolute atomic E-state index is 0.0832. The molecule has 1 amide bonds. The van der Waals surface area contributed by atoms with Crippen LogP contribution in [0.3, 0.4) is 0 Å². The van der Waals surface area contributed by atoms with Gasteiger partial charge in [0.2, 0.25) is 0 Å². The van der Waals surface area contributed by atoms with Crippen LogP contribution < -0.4 is 0 Å². The number of benzene rings is 2. The van der Waals surface area contributed by atoms with E-state index in [9.17, 15) is 14.4 Å². The van der Waals surface area contributed by atoms with Crippen LogP contribution >= 0.6 is 0 Å². The summed E-state index contributed by atoms with van der Waals surface area (Å²) in [7, 11) is 0. The lowest BCUT2D eigenvalue weighted by Gasteiger charge is -2.28. The predicted octanol–water partition coefficient (Wildman–Crippen LogP) is 3.78. The van der Waals surface area contributed by atoms with Gasteiger partial charge in [0.15, 0.2) is 0 Å². The van der Waals surface area contributed by atoms with Crippen molar-refractivity contribution in [1.82, 2.24) is 9.80 Å². The third kappa shape index (κ3) is 9.05. The molecule has 0 N–H and O–H groups in total. The van der Waals surface area contributed by atoms with Crippen LogP contribution in [0.15, 0.2) is 60.7 Å². The first-order chi connectivity index (χ1) is 16.7. The lowest BCUT2D eigenvalue weighted by atomic mass is 10.2. The molecule has 0 spiro atoms. The van der Waals surface area contributed by atoms with Gasteiger partial charge in [-0.25, -0.2) is 4.79 Å². The van der Waals surface area contributed by atoms with E-state index in [0.29, 0.717) is 19.5 Å². The van der Waals surface area contributed by atoms with Gasteiger partial charge in [0.25, 0.3) is 0 Å². The molecule has 8 heteroatoms. The van der Waals surface area contributed by atoms with Crippen LogP contribution in [-0.2, 0) is 37.0 Å². The summed E-state index contributed by atoms with van der Waals surface area (Å²) in [5, 5.41) is 0. The normalized spacial score (nSPS) is 15.7. The molecule has 3 rings (SSSR count). The van der Waals surface area contributed by atoms with Crippen LogP contribution in [0.2, 0.25) is 0 Å². The van der Waals surface area contributed by atoms with Crippen LogP contribution in [0.5, 0.6) is 0 Å². The molecule has 0 bridgehead atoms. The van der Waals surface area contributed by atoms with E-state index in [-0.39, 0.29) is 32.3 Å². The highest BCUT2D eigenvalue weighted by molar-refractivity contribution is 5.75. The number of hydrogen-bond donors (Lipinski definition) is 0. The number of likely N-dealkylation sites (tertiary alicyclic amines) is 1. The molecule has 1 unspecified atom stereocenters. The maximum Gasteiger partial charge on any atom is 0.410 e. The quantitative estimate of drug-likeness (QED) is 0.397. The van der Waals surface area contributed by atoms with E-state index < -0.39 is 23.6 Å². The van der Waals surface area contributed by atoms with Crippen molar-refractivity contribution in [2.75, 3.05) is 26.2 Å². The highest BCUT2D eigenvalue weighted by Crippen LogP contribution is 2.19. The second kappa shape index (κ2) is 12.4. The van der Waals surface area contributed by atoms with Crippen LogP contribution in [0, 0.1) is 0 Å². The van der Waals surface area contributed by atoms with Crippen molar-refractivity contribution in [1.29, 1.82) is 0 Å². The van der Waals surface area contributed by atoms with Crippen LogP contribution in [0.4, 0.5) is 4.79 Å². The summed E-state index contributed by atoms with van der Waals surface area (Å²) in [6.45, 7) is 6.42. The minimum Gasteiger partial charge on any atom is -0.460 e. The summed E-state index contributed by atoms with van der Waals surface area (Å²) in [4.78, 5) is 41.1. The number of ether oxygens (including phenoxy) is 3. The van der Waals surface area contributed by atoms with E-state index in [4.69, 9.17) is 14.2 Å². The molecule has 1 heterocycles. The number of hydrogen-bond acceptors (Lipinski definition) is 7. The summed E-state index contributed by atoms with van der Waals surface area (Å²) in [6, 6.07) is 18.6. The second-order valence-corrected chi connectivity index (χ2v) is 9.57. The Kier molecular flexibility index (Phi) is 9.25. The maximum atomic E-state index is 12.6. The summed E-state index contributed by atoms with van der Waals surface area (Å²) >= 11 is 0. The molecule has 2 aromatic carbocycles. The van der Waals surface area contributed by atoms with Crippen molar-refractivity contribution in [3.05, 3.63) is 71.8 Å². The lowest BCUT2D eigenvalue weighted by Crippen LogP contribution is -2.45. The van der Waals surface area contributed by atoms with Gasteiger partial charge in [0, 0.05) is 19.1 Å². The zero-order chi connectivity index (χ0) is 25.3. The van der Waals surface area contributed by atoms with Gasteiger partial charge in [-0.1, -0.05) is 60.7 Å². The maximum absolute atomic E-state index is 12.6. The summed E-state index contributed by atoms with van der Waals surface area (Å²) < 4.78 is 16.3. The fourth-order valence-electron chi connectivity index (χ4n) is 3.75. The molecule has 0 radical (unpaired) electrons. The number of nitrogens with zero attached hydrogens (tertiary/aromatic N) is 2. The first-order valence-corrected chi connectivity index (χ1v) is 11.8. The Morgan fingerprint density at radius 1 is 0.857 bits per heavy atom. The SMILES string of the molecule is CC(C)(C)OC(=O)N1CCC(N(CC(=O)OCc2ccccc2)CC(=O)OCc2ccccc2)C1. The van der Waals surface area contributed by atoms with Crippen molar-refractivity contribution < 1.29 is 28.6 Å². The highest BCUT2D eigenvalue weighted by Gasteiger charge is 2.34. The van der Waals surface area contributed by atoms with E-state index in [1.54, 1.807) is 9.80 Å². The van der Waals surface area contributed by atoms with Crippen molar-refractivity contribution in [3.8, 4) is 0 Å². The van der Waals surface area contributed by atoms with Crippen molar-refractivity contribution in [2.45, 2.75) is 52.0 Å². The number of rotatable bonds is 9. The zero-order valence-corrected chi connectivity index (χ0v) is 20.6. The largest absolute Gasteiger partial charge is 0.460 e. The molecule has 0 saturated carbocycles. The molecule has 1 saturated heterocycles. The average molecular weight is 483 g/mol. The number of amides is 1. The molecular formula is C27H34N2O6. The lowest BCUT2D eigenvalue weighted by molar-refractivity contribution is -0.151. The average Bonchev–Trinajstić information content (AvgIpc) is 3.32. The van der Waals surface area contributed by atoms with Crippen molar-refractivity contribution in [3.63, 3.8) is 0 Å². The topological polar surface area (TPSA) is 85.4 Å². The van der Waals surface area contributed by atoms with Gasteiger partial charge in [-0.15, -0.1) is 0 Å². The molecule has 0 aliphatic carbocycles. The monoisotopic (exact) mass is 482 g/mol. The Hall–Kier alpha value is -3.39. The van der Waals surface area contributed by atoms with Gasteiger partial charge in [0.1, 0.15) is 18.8 Å². The van der Waals surface area contributed by atoms with Crippen LogP contribution in [-0.4, -0.2) is 65.7 Å². The van der Waals surface area contributed by atoms with Gasteiger partial charge in [-0.3, -0.25) is 14.5 Å². The predicted molar refractivity (Wildman–Crippen MR) is 130 cm³/mol. The van der Waals surface area contributed by atoms with Gasteiger partial charge < -0.3 is 19.1 Å². The Morgan fingerprint density at radius 2 is 1.34 bits per heavy atom. The fraction of sp³-hybridized carbons (Fsp3) is 0.444. The molecule has 1 aliphatic rings. The standard InChI is InChI=1S/C27H34N2O6/c1-27(2,3)35-26(32)28-15-14-23(16-28)29(17-24(30)33-19-21-10-6-4-7-11-21)18-25(31)34-20-22-12-8-5-9-13-22/h4-13,23H,14-20H2,1-3H3. The Labute approximate surface area is 206 Å². The van der Waals surface area contributed by atoms with E-state index >= 15 is 0 Å². The summed E-state index contributed by atoms with van der Waals surface area (Å²) in [5.74, 6) is -0.888.